The van der Waals surface area contributed by atoms with Crippen LogP contribution in [0.1, 0.15) is 67.6 Å². The summed E-state index contributed by atoms with van der Waals surface area (Å²) in [6.45, 7) is 6.55. The molecule has 0 radical (unpaired) electrons. The van der Waals surface area contributed by atoms with Gasteiger partial charge in [-0.15, -0.1) is 11.3 Å². The van der Waals surface area contributed by atoms with Crippen molar-refractivity contribution in [2.75, 3.05) is 6.61 Å². The zero-order valence-corrected chi connectivity index (χ0v) is 12.3. The lowest BCUT2D eigenvalue weighted by molar-refractivity contribution is -0.0705. The summed E-state index contributed by atoms with van der Waals surface area (Å²) in [5, 5.41) is 10.8. The summed E-state index contributed by atoms with van der Waals surface area (Å²) < 4.78 is 6.07. The number of aliphatic hydroxyl groups excluding tert-OH is 1. The summed E-state index contributed by atoms with van der Waals surface area (Å²) in [4.78, 5) is 5.66. The minimum absolute atomic E-state index is 0.185. The van der Waals surface area contributed by atoms with Gasteiger partial charge in [0.2, 0.25) is 0 Å². The van der Waals surface area contributed by atoms with Gasteiger partial charge >= 0.3 is 0 Å². The number of aromatic nitrogens is 1. The average molecular weight is 269 g/mol. The van der Waals surface area contributed by atoms with Gasteiger partial charge in [-0.2, -0.15) is 0 Å². The lowest BCUT2D eigenvalue weighted by atomic mass is 9.85. The molecule has 0 aromatic carbocycles. The zero-order valence-electron chi connectivity index (χ0n) is 11.5. The number of ether oxygens (including phenoxy) is 1. The molecule has 3 nitrogen and oxygen atoms in total. The number of thiazole rings is 1. The van der Waals surface area contributed by atoms with E-state index in [2.05, 4.69) is 4.98 Å². The molecule has 0 bridgehead atoms. The first-order valence-corrected chi connectivity index (χ1v) is 7.70. The van der Waals surface area contributed by atoms with Crippen LogP contribution in [0.5, 0.6) is 0 Å². The quantitative estimate of drug-likeness (QED) is 0.906. The van der Waals surface area contributed by atoms with E-state index >= 15 is 0 Å². The first-order chi connectivity index (χ1) is 8.59. The number of aryl methyl sites for hydroxylation is 1. The van der Waals surface area contributed by atoms with Crippen LogP contribution in [0.2, 0.25) is 0 Å². The summed E-state index contributed by atoms with van der Waals surface area (Å²) in [7, 11) is 0. The van der Waals surface area contributed by atoms with Crippen molar-refractivity contribution in [1.29, 1.82) is 0 Å². The van der Waals surface area contributed by atoms with E-state index in [1.807, 2.05) is 13.8 Å². The van der Waals surface area contributed by atoms with Crippen molar-refractivity contribution < 1.29 is 9.84 Å². The predicted octanol–water partition coefficient (Wildman–Crippen LogP) is 3.70. The minimum Gasteiger partial charge on any atom is -0.388 e. The van der Waals surface area contributed by atoms with Gasteiger partial charge in [0, 0.05) is 6.61 Å². The highest BCUT2D eigenvalue weighted by Crippen LogP contribution is 2.43. The summed E-state index contributed by atoms with van der Waals surface area (Å²) in [6.07, 6.45) is 5.41. The Hall–Kier alpha value is -0.450. The summed E-state index contributed by atoms with van der Waals surface area (Å²) in [6, 6.07) is 0. The molecule has 1 saturated carbocycles. The Bertz CT molecular complexity index is 389. The molecule has 1 heterocycles. The number of rotatable bonds is 4. The van der Waals surface area contributed by atoms with Gasteiger partial charge < -0.3 is 9.84 Å². The molecular weight excluding hydrogens is 246 g/mol. The Morgan fingerprint density at radius 3 is 2.56 bits per heavy atom. The van der Waals surface area contributed by atoms with Crippen LogP contribution in [-0.2, 0) is 10.3 Å². The van der Waals surface area contributed by atoms with Crippen LogP contribution in [0, 0.1) is 6.92 Å². The minimum atomic E-state index is -0.432. The summed E-state index contributed by atoms with van der Waals surface area (Å²) in [5.74, 6) is 0. The SMILES string of the molecule is CCOC1(c2nc(C)c(C(C)O)s2)CCCCC1. The van der Waals surface area contributed by atoms with E-state index in [0.717, 1.165) is 35.0 Å². The second kappa shape index (κ2) is 5.68. The van der Waals surface area contributed by atoms with Crippen LogP contribution in [-0.4, -0.2) is 16.7 Å². The molecule has 2 rings (SSSR count). The molecule has 0 aliphatic heterocycles. The largest absolute Gasteiger partial charge is 0.388 e. The molecule has 1 unspecified atom stereocenters. The third-order valence-corrected chi connectivity index (χ3v) is 5.20. The van der Waals surface area contributed by atoms with Crippen LogP contribution in [0.3, 0.4) is 0 Å². The molecule has 0 saturated heterocycles. The first kappa shape index (κ1) is 14.0. The van der Waals surface area contributed by atoms with Crippen LogP contribution < -0.4 is 0 Å². The fraction of sp³-hybridized carbons (Fsp3) is 0.786. The highest BCUT2D eigenvalue weighted by atomic mass is 32.1. The van der Waals surface area contributed by atoms with Crippen molar-refractivity contribution in [2.24, 2.45) is 0 Å². The van der Waals surface area contributed by atoms with Gasteiger partial charge in [-0.3, -0.25) is 0 Å². The molecule has 1 atom stereocenters. The van der Waals surface area contributed by atoms with Crippen LogP contribution >= 0.6 is 11.3 Å². The van der Waals surface area contributed by atoms with Gasteiger partial charge in [-0.1, -0.05) is 19.3 Å². The Morgan fingerprint density at radius 1 is 1.39 bits per heavy atom. The van der Waals surface area contributed by atoms with E-state index in [0.29, 0.717) is 0 Å². The molecule has 102 valence electrons. The van der Waals surface area contributed by atoms with Crippen molar-refractivity contribution in [1.82, 2.24) is 4.98 Å². The van der Waals surface area contributed by atoms with Gasteiger partial charge in [0.1, 0.15) is 10.6 Å². The Kier molecular flexibility index (Phi) is 4.41. The smallest absolute Gasteiger partial charge is 0.125 e. The zero-order chi connectivity index (χ0) is 13.2. The lowest BCUT2D eigenvalue weighted by Gasteiger charge is -2.35. The summed E-state index contributed by atoms with van der Waals surface area (Å²) >= 11 is 1.63. The third kappa shape index (κ3) is 2.60. The van der Waals surface area contributed by atoms with Gasteiger partial charge in [0.05, 0.1) is 16.7 Å². The summed E-state index contributed by atoms with van der Waals surface area (Å²) in [5.41, 5.74) is 0.768. The second-order valence-electron chi connectivity index (χ2n) is 5.13. The number of aliphatic hydroxyl groups is 1. The van der Waals surface area contributed by atoms with Crippen molar-refractivity contribution in [2.45, 2.75) is 64.6 Å². The standard InChI is InChI=1S/C14H23NO2S/c1-4-17-14(8-6-5-7-9-14)13-15-10(2)12(18-13)11(3)16/h11,16H,4-9H2,1-3H3. The highest BCUT2D eigenvalue weighted by Gasteiger charge is 2.38. The van der Waals surface area contributed by atoms with Crippen LogP contribution in [0.15, 0.2) is 0 Å². The van der Waals surface area contributed by atoms with Crippen molar-refractivity contribution in [3.8, 4) is 0 Å². The topological polar surface area (TPSA) is 42.4 Å². The van der Waals surface area contributed by atoms with Crippen LogP contribution in [0.4, 0.5) is 0 Å². The molecular formula is C14H23NO2S. The molecule has 1 aliphatic rings. The van der Waals surface area contributed by atoms with E-state index < -0.39 is 6.10 Å². The van der Waals surface area contributed by atoms with Crippen molar-refractivity contribution >= 4 is 11.3 Å². The van der Waals surface area contributed by atoms with Crippen molar-refractivity contribution in [3.63, 3.8) is 0 Å². The molecule has 0 amide bonds. The molecule has 1 aromatic rings. The maximum absolute atomic E-state index is 9.76. The first-order valence-electron chi connectivity index (χ1n) is 6.89. The maximum Gasteiger partial charge on any atom is 0.125 e. The average Bonchev–Trinajstić information content (AvgIpc) is 2.74. The Balaban J connectivity index is 2.33. The molecule has 0 spiro atoms. The maximum atomic E-state index is 9.76. The molecule has 1 N–H and O–H groups in total. The monoisotopic (exact) mass is 269 g/mol. The van der Waals surface area contributed by atoms with Gasteiger partial charge in [0.25, 0.3) is 0 Å². The fourth-order valence-electron chi connectivity index (χ4n) is 2.81. The molecule has 4 heteroatoms. The van der Waals surface area contributed by atoms with Gasteiger partial charge in [0.15, 0.2) is 0 Å². The molecule has 1 aromatic heterocycles. The highest BCUT2D eigenvalue weighted by molar-refractivity contribution is 7.12. The van der Waals surface area contributed by atoms with E-state index in [-0.39, 0.29) is 5.60 Å². The second-order valence-corrected chi connectivity index (χ2v) is 6.16. The van der Waals surface area contributed by atoms with E-state index in [4.69, 9.17) is 4.74 Å². The van der Waals surface area contributed by atoms with Gasteiger partial charge in [-0.25, -0.2) is 4.98 Å². The van der Waals surface area contributed by atoms with Crippen molar-refractivity contribution in [3.05, 3.63) is 15.6 Å². The number of hydrogen-bond acceptors (Lipinski definition) is 4. The molecule has 1 aliphatic carbocycles. The lowest BCUT2D eigenvalue weighted by Crippen LogP contribution is -2.32. The van der Waals surface area contributed by atoms with Gasteiger partial charge in [-0.05, 0) is 33.6 Å². The fourth-order valence-corrected chi connectivity index (χ4v) is 4.01. The Morgan fingerprint density at radius 2 is 2.06 bits per heavy atom. The van der Waals surface area contributed by atoms with E-state index in [1.165, 1.54) is 19.3 Å². The van der Waals surface area contributed by atoms with Crippen LogP contribution in [0.25, 0.3) is 0 Å². The number of nitrogens with zero attached hydrogens (tertiary/aromatic N) is 1. The predicted molar refractivity (Wildman–Crippen MR) is 73.9 cm³/mol. The third-order valence-electron chi connectivity index (χ3n) is 3.68. The normalized spacial score (nSPS) is 20.9. The van der Waals surface area contributed by atoms with E-state index in [1.54, 1.807) is 18.3 Å². The molecule has 1 fully saturated rings. The molecule has 18 heavy (non-hydrogen) atoms. The Labute approximate surface area is 113 Å². The van der Waals surface area contributed by atoms with E-state index in [9.17, 15) is 5.11 Å². The number of hydrogen-bond donors (Lipinski definition) is 1.